The van der Waals surface area contributed by atoms with Crippen molar-refractivity contribution in [3.63, 3.8) is 0 Å². The highest BCUT2D eigenvalue weighted by Crippen LogP contribution is 2.17. The first kappa shape index (κ1) is 17.5. The van der Waals surface area contributed by atoms with Crippen LogP contribution in [0, 0.1) is 11.2 Å². The Labute approximate surface area is 150 Å². The van der Waals surface area contributed by atoms with Crippen LogP contribution >= 0.6 is 0 Å². The van der Waals surface area contributed by atoms with Gasteiger partial charge >= 0.3 is 0 Å². The highest BCUT2D eigenvalue weighted by Gasteiger charge is 2.07. The molecule has 1 heterocycles. The zero-order chi connectivity index (χ0) is 18.4. The third kappa shape index (κ3) is 4.60. The number of halogens is 1. The highest BCUT2D eigenvalue weighted by atomic mass is 19.1. The van der Waals surface area contributed by atoms with Gasteiger partial charge < -0.3 is 10.1 Å². The summed E-state index contributed by atoms with van der Waals surface area (Å²) in [6, 6.07) is 16.8. The summed E-state index contributed by atoms with van der Waals surface area (Å²) in [7, 11) is 0. The van der Waals surface area contributed by atoms with Gasteiger partial charge in [0.05, 0.1) is 11.4 Å². The first-order valence-electron chi connectivity index (χ1n) is 8.09. The monoisotopic (exact) mass is 348 g/mol. The third-order valence-electron chi connectivity index (χ3n) is 3.83. The first-order valence-corrected chi connectivity index (χ1v) is 8.09. The molecule has 1 aromatic heterocycles. The number of hydrogen-bond donors (Lipinski definition) is 1. The van der Waals surface area contributed by atoms with E-state index in [2.05, 4.69) is 4.98 Å². The van der Waals surface area contributed by atoms with Crippen LogP contribution in [0.25, 0.3) is 0 Å². The number of aromatic nitrogens is 1. The van der Waals surface area contributed by atoms with Crippen LogP contribution in [-0.2, 0) is 13.0 Å². The van der Waals surface area contributed by atoms with Crippen molar-refractivity contribution >= 4 is 12.0 Å². The molecule has 0 unspecified atom stereocenters. The van der Waals surface area contributed by atoms with Crippen molar-refractivity contribution in [2.45, 2.75) is 13.0 Å². The Morgan fingerprint density at radius 1 is 1.08 bits per heavy atom. The minimum absolute atomic E-state index is 0.276. The minimum atomic E-state index is -0.276. The van der Waals surface area contributed by atoms with Gasteiger partial charge in [0, 0.05) is 18.2 Å². The smallest absolute Gasteiger partial charge is 0.150 e. The second kappa shape index (κ2) is 8.16. The van der Waals surface area contributed by atoms with Crippen molar-refractivity contribution < 1.29 is 13.9 Å². The molecule has 2 aromatic carbocycles. The van der Waals surface area contributed by atoms with E-state index >= 15 is 0 Å². The van der Waals surface area contributed by atoms with Gasteiger partial charge in [-0.1, -0.05) is 24.3 Å². The van der Waals surface area contributed by atoms with E-state index in [0.717, 1.165) is 17.4 Å². The molecule has 0 atom stereocenters. The van der Waals surface area contributed by atoms with E-state index in [0.29, 0.717) is 35.7 Å². The lowest BCUT2D eigenvalue weighted by Crippen LogP contribution is -2.07. The summed E-state index contributed by atoms with van der Waals surface area (Å²) < 4.78 is 18.7. The summed E-state index contributed by atoms with van der Waals surface area (Å²) >= 11 is 0. The summed E-state index contributed by atoms with van der Waals surface area (Å²) in [4.78, 5) is 15.0. The SMILES string of the molecule is N=C(Cc1cccc(OCc2ccc(F)cc2)c1)c1cc(C=O)ccn1. The van der Waals surface area contributed by atoms with Gasteiger partial charge in [-0.3, -0.25) is 9.78 Å². The number of hydrogen-bond acceptors (Lipinski definition) is 4. The van der Waals surface area contributed by atoms with Crippen LogP contribution in [0.3, 0.4) is 0 Å². The molecule has 0 radical (unpaired) electrons. The average molecular weight is 348 g/mol. The predicted octanol–water partition coefficient (Wildman–Crippen LogP) is 4.22. The first-order chi connectivity index (χ1) is 12.6. The van der Waals surface area contributed by atoms with Crippen LogP contribution in [0.15, 0.2) is 66.9 Å². The van der Waals surface area contributed by atoms with E-state index in [1.54, 1.807) is 24.3 Å². The standard InChI is InChI=1S/C21H17FN2O2/c22-18-6-4-15(5-7-18)14-26-19-3-1-2-16(10-19)11-20(23)21-12-17(13-25)8-9-24-21/h1-10,12-13,23H,11,14H2. The second-order valence-corrected chi connectivity index (χ2v) is 5.81. The highest BCUT2D eigenvalue weighted by molar-refractivity contribution is 5.98. The van der Waals surface area contributed by atoms with Gasteiger partial charge in [0.2, 0.25) is 0 Å². The zero-order valence-corrected chi connectivity index (χ0v) is 14.0. The van der Waals surface area contributed by atoms with E-state index < -0.39 is 0 Å². The average Bonchev–Trinajstić information content (AvgIpc) is 2.68. The van der Waals surface area contributed by atoms with Crippen molar-refractivity contribution in [3.8, 4) is 5.75 Å². The number of benzene rings is 2. The topological polar surface area (TPSA) is 63.0 Å². The molecule has 0 aliphatic rings. The van der Waals surface area contributed by atoms with Crippen molar-refractivity contribution in [1.82, 2.24) is 4.98 Å². The fourth-order valence-electron chi connectivity index (χ4n) is 2.47. The summed E-state index contributed by atoms with van der Waals surface area (Å²) in [6.07, 6.45) is 2.64. The lowest BCUT2D eigenvalue weighted by Gasteiger charge is -2.09. The van der Waals surface area contributed by atoms with Crippen molar-refractivity contribution in [3.05, 3.63) is 95.1 Å². The molecule has 3 aromatic rings. The number of ether oxygens (including phenoxy) is 1. The maximum atomic E-state index is 12.9. The van der Waals surface area contributed by atoms with Crippen LogP contribution in [0.4, 0.5) is 4.39 Å². The molecule has 0 aliphatic carbocycles. The molecule has 0 aliphatic heterocycles. The van der Waals surface area contributed by atoms with Crippen molar-refractivity contribution in [2.75, 3.05) is 0 Å². The van der Waals surface area contributed by atoms with Crippen molar-refractivity contribution in [2.24, 2.45) is 0 Å². The molecule has 130 valence electrons. The number of carbonyl (C=O) groups is 1. The summed E-state index contributed by atoms with van der Waals surface area (Å²) in [5, 5.41) is 8.21. The number of carbonyl (C=O) groups excluding carboxylic acids is 1. The van der Waals surface area contributed by atoms with E-state index in [1.807, 2.05) is 24.3 Å². The molecule has 0 saturated heterocycles. The minimum Gasteiger partial charge on any atom is -0.489 e. The van der Waals surface area contributed by atoms with Crippen LogP contribution < -0.4 is 4.74 Å². The quantitative estimate of drug-likeness (QED) is 0.513. The normalized spacial score (nSPS) is 10.3. The van der Waals surface area contributed by atoms with Crippen LogP contribution in [0.2, 0.25) is 0 Å². The van der Waals surface area contributed by atoms with E-state index in [-0.39, 0.29) is 5.82 Å². The Balaban J connectivity index is 1.65. The van der Waals surface area contributed by atoms with E-state index in [9.17, 15) is 9.18 Å². The molecule has 26 heavy (non-hydrogen) atoms. The van der Waals surface area contributed by atoms with Gasteiger partial charge in [-0.25, -0.2) is 4.39 Å². The van der Waals surface area contributed by atoms with Gasteiger partial charge in [-0.2, -0.15) is 0 Å². The van der Waals surface area contributed by atoms with Gasteiger partial charge in [-0.05, 0) is 47.5 Å². The lowest BCUT2D eigenvalue weighted by atomic mass is 10.0. The molecule has 4 nitrogen and oxygen atoms in total. The number of nitrogens with one attached hydrogen (secondary N) is 1. The molecule has 0 spiro atoms. The number of nitrogens with zero attached hydrogens (tertiary/aromatic N) is 1. The molecule has 0 saturated carbocycles. The van der Waals surface area contributed by atoms with Crippen LogP contribution in [0.1, 0.15) is 27.2 Å². The van der Waals surface area contributed by atoms with Crippen LogP contribution in [0.5, 0.6) is 5.75 Å². The summed E-state index contributed by atoms with van der Waals surface area (Å²) in [5.41, 5.74) is 3.08. The third-order valence-corrected chi connectivity index (χ3v) is 3.83. The molecule has 3 rings (SSSR count). The molecule has 0 fully saturated rings. The molecule has 0 bridgehead atoms. The van der Waals surface area contributed by atoms with Gasteiger partial charge in [-0.15, -0.1) is 0 Å². The fraction of sp³-hybridized carbons (Fsp3) is 0.0952. The molecular weight excluding hydrogens is 331 g/mol. The molecular formula is C21H17FN2O2. The van der Waals surface area contributed by atoms with Crippen LogP contribution in [-0.4, -0.2) is 17.0 Å². The van der Waals surface area contributed by atoms with E-state index in [1.165, 1.54) is 18.3 Å². The number of pyridine rings is 1. The maximum absolute atomic E-state index is 12.9. The summed E-state index contributed by atoms with van der Waals surface area (Å²) in [6.45, 7) is 0.337. The second-order valence-electron chi connectivity index (χ2n) is 5.81. The number of rotatable bonds is 7. The van der Waals surface area contributed by atoms with Gasteiger partial charge in [0.15, 0.2) is 0 Å². The lowest BCUT2D eigenvalue weighted by molar-refractivity contribution is 0.112. The summed E-state index contributed by atoms with van der Waals surface area (Å²) in [5.74, 6) is 0.399. The Kier molecular flexibility index (Phi) is 5.49. The van der Waals surface area contributed by atoms with Gasteiger partial charge in [0.25, 0.3) is 0 Å². The Morgan fingerprint density at radius 2 is 1.88 bits per heavy atom. The Morgan fingerprint density at radius 3 is 2.65 bits per heavy atom. The Bertz CT molecular complexity index is 923. The largest absolute Gasteiger partial charge is 0.489 e. The molecule has 1 N–H and O–H groups in total. The fourth-order valence-corrected chi connectivity index (χ4v) is 2.47. The zero-order valence-electron chi connectivity index (χ0n) is 14.0. The van der Waals surface area contributed by atoms with E-state index in [4.69, 9.17) is 10.1 Å². The maximum Gasteiger partial charge on any atom is 0.150 e. The number of aldehydes is 1. The molecule has 0 amide bonds. The van der Waals surface area contributed by atoms with Gasteiger partial charge in [0.1, 0.15) is 24.5 Å². The van der Waals surface area contributed by atoms with Crippen molar-refractivity contribution in [1.29, 1.82) is 5.41 Å². The Hall–Kier alpha value is -3.34. The predicted molar refractivity (Wildman–Crippen MR) is 97.3 cm³/mol. The molecule has 5 heteroatoms.